The van der Waals surface area contributed by atoms with E-state index in [9.17, 15) is 0 Å². The molecule has 0 aliphatic heterocycles. The summed E-state index contributed by atoms with van der Waals surface area (Å²) in [5, 5.41) is 0. The van der Waals surface area contributed by atoms with Crippen molar-refractivity contribution in [2.45, 2.75) is 26.3 Å². The number of hydrogen-bond acceptors (Lipinski definition) is 4. The van der Waals surface area contributed by atoms with Crippen molar-refractivity contribution in [1.29, 1.82) is 0 Å². The lowest BCUT2D eigenvalue weighted by Crippen LogP contribution is -2.12. The molecular formula is C16H21N5. The van der Waals surface area contributed by atoms with E-state index in [1.54, 1.807) is 12.4 Å². The number of hydrogen-bond donors (Lipinski definition) is 2. The molecule has 0 saturated heterocycles. The third-order valence-corrected chi connectivity index (χ3v) is 3.18. The number of rotatable bonds is 6. The van der Waals surface area contributed by atoms with Crippen LogP contribution in [0.25, 0.3) is 11.5 Å². The zero-order valence-electron chi connectivity index (χ0n) is 12.2. The van der Waals surface area contributed by atoms with Gasteiger partial charge in [-0.3, -0.25) is 4.98 Å². The molecule has 0 fully saturated rings. The maximum atomic E-state index is 6.23. The SMILES string of the molecule is CCCC(/C=C\N)=C(/N)Cn1ccnc1-c1ccccn1. The highest BCUT2D eigenvalue weighted by atomic mass is 15.1. The fourth-order valence-electron chi connectivity index (χ4n) is 2.19. The molecule has 21 heavy (non-hydrogen) atoms. The summed E-state index contributed by atoms with van der Waals surface area (Å²) in [4.78, 5) is 8.70. The summed E-state index contributed by atoms with van der Waals surface area (Å²) in [5.41, 5.74) is 14.4. The van der Waals surface area contributed by atoms with Crippen molar-refractivity contribution in [3.8, 4) is 11.5 Å². The van der Waals surface area contributed by atoms with E-state index < -0.39 is 0 Å². The molecule has 0 atom stereocenters. The Bertz CT molecular complexity index is 625. The van der Waals surface area contributed by atoms with Crippen LogP contribution in [0.4, 0.5) is 0 Å². The van der Waals surface area contributed by atoms with Gasteiger partial charge in [-0.15, -0.1) is 0 Å². The first-order valence-electron chi connectivity index (χ1n) is 7.04. The van der Waals surface area contributed by atoms with Crippen molar-refractivity contribution in [3.05, 3.63) is 60.3 Å². The quantitative estimate of drug-likeness (QED) is 0.798. The Morgan fingerprint density at radius 1 is 1.29 bits per heavy atom. The average Bonchev–Trinajstić information content (AvgIpc) is 2.96. The highest BCUT2D eigenvalue weighted by Crippen LogP contribution is 2.17. The smallest absolute Gasteiger partial charge is 0.158 e. The fraction of sp³-hybridized carbons (Fsp3) is 0.250. The highest BCUT2D eigenvalue weighted by molar-refractivity contribution is 5.49. The first-order chi connectivity index (χ1) is 10.3. The molecule has 0 amide bonds. The van der Waals surface area contributed by atoms with Crippen LogP contribution in [-0.2, 0) is 6.54 Å². The zero-order valence-corrected chi connectivity index (χ0v) is 12.2. The van der Waals surface area contributed by atoms with E-state index >= 15 is 0 Å². The second kappa shape index (κ2) is 7.28. The van der Waals surface area contributed by atoms with E-state index in [-0.39, 0.29) is 0 Å². The largest absolute Gasteiger partial charge is 0.405 e. The fourth-order valence-corrected chi connectivity index (χ4v) is 2.19. The summed E-state index contributed by atoms with van der Waals surface area (Å²) in [6.45, 7) is 2.69. The summed E-state index contributed by atoms with van der Waals surface area (Å²) < 4.78 is 2.00. The van der Waals surface area contributed by atoms with E-state index in [1.165, 1.54) is 6.20 Å². The minimum absolute atomic E-state index is 0.575. The Morgan fingerprint density at radius 3 is 2.81 bits per heavy atom. The molecule has 0 aliphatic rings. The maximum Gasteiger partial charge on any atom is 0.158 e. The van der Waals surface area contributed by atoms with Gasteiger partial charge in [0, 0.05) is 24.3 Å². The molecule has 2 aromatic rings. The Hall–Kier alpha value is -2.56. The summed E-state index contributed by atoms with van der Waals surface area (Å²) in [5.74, 6) is 0.811. The van der Waals surface area contributed by atoms with Crippen molar-refractivity contribution in [3.63, 3.8) is 0 Å². The average molecular weight is 283 g/mol. The van der Waals surface area contributed by atoms with Gasteiger partial charge in [-0.05, 0) is 36.4 Å². The van der Waals surface area contributed by atoms with Gasteiger partial charge in [0.1, 0.15) is 5.69 Å². The number of aromatic nitrogens is 3. The second-order valence-electron chi connectivity index (χ2n) is 4.75. The van der Waals surface area contributed by atoms with Gasteiger partial charge in [-0.1, -0.05) is 19.4 Å². The van der Waals surface area contributed by atoms with Gasteiger partial charge in [-0.25, -0.2) is 4.98 Å². The van der Waals surface area contributed by atoms with Crippen LogP contribution in [0.15, 0.2) is 60.3 Å². The van der Waals surface area contributed by atoms with Gasteiger partial charge in [-0.2, -0.15) is 0 Å². The first-order valence-corrected chi connectivity index (χ1v) is 7.04. The van der Waals surface area contributed by atoms with Crippen molar-refractivity contribution in [1.82, 2.24) is 14.5 Å². The van der Waals surface area contributed by atoms with Crippen molar-refractivity contribution in [2.24, 2.45) is 11.5 Å². The monoisotopic (exact) mass is 283 g/mol. The summed E-state index contributed by atoms with van der Waals surface area (Å²) in [6.07, 6.45) is 10.8. The van der Waals surface area contributed by atoms with Crippen LogP contribution >= 0.6 is 0 Å². The number of nitrogens with two attached hydrogens (primary N) is 2. The Morgan fingerprint density at radius 2 is 2.14 bits per heavy atom. The zero-order chi connectivity index (χ0) is 15.1. The van der Waals surface area contributed by atoms with E-state index in [0.717, 1.165) is 35.6 Å². The molecule has 0 spiro atoms. The Labute approximate surface area is 125 Å². The third kappa shape index (κ3) is 3.72. The van der Waals surface area contributed by atoms with Crippen LogP contribution in [0.1, 0.15) is 19.8 Å². The topological polar surface area (TPSA) is 82.8 Å². The molecule has 110 valence electrons. The summed E-state index contributed by atoms with van der Waals surface area (Å²) in [6, 6.07) is 5.77. The van der Waals surface area contributed by atoms with Crippen LogP contribution in [0.3, 0.4) is 0 Å². The van der Waals surface area contributed by atoms with Gasteiger partial charge in [0.25, 0.3) is 0 Å². The number of nitrogens with zero attached hydrogens (tertiary/aromatic N) is 3. The lowest BCUT2D eigenvalue weighted by molar-refractivity contribution is 0.761. The van der Waals surface area contributed by atoms with Crippen molar-refractivity contribution in [2.75, 3.05) is 0 Å². The Kier molecular flexibility index (Phi) is 5.15. The third-order valence-electron chi connectivity index (χ3n) is 3.18. The number of allylic oxidation sites excluding steroid dienone is 3. The van der Waals surface area contributed by atoms with Crippen LogP contribution in [-0.4, -0.2) is 14.5 Å². The van der Waals surface area contributed by atoms with Gasteiger partial charge < -0.3 is 16.0 Å². The number of imidazole rings is 1. The molecule has 4 N–H and O–H groups in total. The molecule has 0 aromatic carbocycles. The molecule has 2 rings (SSSR count). The molecule has 0 aliphatic carbocycles. The lowest BCUT2D eigenvalue weighted by Gasteiger charge is -2.11. The summed E-state index contributed by atoms with van der Waals surface area (Å²) >= 11 is 0. The van der Waals surface area contributed by atoms with E-state index in [2.05, 4.69) is 16.9 Å². The van der Waals surface area contributed by atoms with Crippen LogP contribution in [0.2, 0.25) is 0 Å². The van der Waals surface area contributed by atoms with Gasteiger partial charge >= 0.3 is 0 Å². The molecular weight excluding hydrogens is 262 g/mol. The predicted octanol–water partition coefficient (Wildman–Crippen LogP) is 2.43. The minimum atomic E-state index is 0.575. The lowest BCUT2D eigenvalue weighted by atomic mass is 10.1. The molecule has 0 bridgehead atoms. The van der Waals surface area contributed by atoms with E-state index in [1.807, 2.05) is 35.0 Å². The van der Waals surface area contributed by atoms with Gasteiger partial charge in [0.2, 0.25) is 0 Å². The van der Waals surface area contributed by atoms with Crippen molar-refractivity contribution >= 4 is 0 Å². The molecule has 5 heteroatoms. The minimum Gasteiger partial charge on any atom is -0.405 e. The van der Waals surface area contributed by atoms with Crippen LogP contribution in [0.5, 0.6) is 0 Å². The first kappa shape index (κ1) is 14.8. The molecule has 0 radical (unpaired) electrons. The van der Waals surface area contributed by atoms with Crippen LogP contribution in [0, 0.1) is 0 Å². The molecule has 2 aromatic heterocycles. The van der Waals surface area contributed by atoms with Crippen LogP contribution < -0.4 is 11.5 Å². The second-order valence-corrected chi connectivity index (χ2v) is 4.75. The number of pyridine rings is 1. The molecule has 5 nitrogen and oxygen atoms in total. The maximum absolute atomic E-state index is 6.23. The summed E-state index contributed by atoms with van der Waals surface area (Å²) in [7, 11) is 0. The Balaban J connectivity index is 2.28. The normalized spacial score (nSPS) is 12.6. The predicted molar refractivity (Wildman–Crippen MR) is 84.9 cm³/mol. The van der Waals surface area contributed by atoms with Crippen molar-refractivity contribution < 1.29 is 0 Å². The highest BCUT2D eigenvalue weighted by Gasteiger charge is 2.08. The van der Waals surface area contributed by atoms with E-state index in [0.29, 0.717) is 6.54 Å². The van der Waals surface area contributed by atoms with Gasteiger partial charge in [0.15, 0.2) is 5.82 Å². The van der Waals surface area contributed by atoms with E-state index in [4.69, 9.17) is 11.5 Å². The molecule has 0 unspecified atom stereocenters. The molecule has 0 saturated carbocycles. The molecule has 2 heterocycles. The standard InChI is InChI=1S/C16H21N5/c1-2-5-13(7-8-17)14(18)12-21-11-10-20-16(21)15-6-3-4-9-19-15/h3-4,6-11H,2,5,12,17-18H2,1H3/b8-7-,14-13-. The van der Waals surface area contributed by atoms with Gasteiger partial charge in [0.05, 0.1) is 6.54 Å².